The Morgan fingerprint density at radius 2 is 1.53 bits per heavy atom. The Kier molecular flexibility index (Phi) is 6.49. The third-order valence-electron chi connectivity index (χ3n) is 6.87. The van der Waals surface area contributed by atoms with Gasteiger partial charge >= 0.3 is 6.09 Å². The molecular weight excluding hydrogens is 412 g/mol. The summed E-state index contributed by atoms with van der Waals surface area (Å²) in [6.07, 6.45) is 0.163. The van der Waals surface area contributed by atoms with E-state index in [0.29, 0.717) is 44.8 Å². The molecule has 0 radical (unpaired) electrons. The standard InChI is InChI=1S/C25H31F2N3O2/c1-19(28)20-7-9-21(10-8-20)24(11-13-25(26,27)14-12-24)30-17-15-29(16-18-30)23(31)32-22-5-3-2-4-6-22/h2-10,19H,11-18,28H2,1H3/t19-/m0/s1. The van der Waals surface area contributed by atoms with E-state index in [-0.39, 0.29) is 25.0 Å². The topological polar surface area (TPSA) is 58.8 Å². The maximum Gasteiger partial charge on any atom is 0.415 e. The molecule has 172 valence electrons. The molecule has 4 rings (SSSR count). The van der Waals surface area contributed by atoms with Crippen LogP contribution < -0.4 is 10.5 Å². The molecule has 1 aliphatic heterocycles. The van der Waals surface area contributed by atoms with Crippen LogP contribution in [0.4, 0.5) is 13.6 Å². The van der Waals surface area contributed by atoms with Crippen molar-refractivity contribution >= 4 is 6.09 Å². The Morgan fingerprint density at radius 3 is 2.09 bits per heavy atom. The van der Waals surface area contributed by atoms with Gasteiger partial charge in [-0.3, -0.25) is 4.90 Å². The second-order valence-electron chi connectivity index (χ2n) is 8.95. The van der Waals surface area contributed by atoms with Crippen molar-refractivity contribution in [3.63, 3.8) is 0 Å². The molecule has 1 atom stereocenters. The highest BCUT2D eigenvalue weighted by Gasteiger charge is 2.48. The third kappa shape index (κ3) is 4.79. The molecule has 2 aromatic carbocycles. The number of carbonyl (C=O) groups is 1. The number of benzene rings is 2. The van der Waals surface area contributed by atoms with Crippen molar-refractivity contribution in [1.29, 1.82) is 0 Å². The molecule has 1 saturated heterocycles. The predicted octanol–water partition coefficient (Wildman–Crippen LogP) is 4.93. The Bertz CT molecular complexity index is 901. The first-order valence-electron chi connectivity index (χ1n) is 11.3. The van der Waals surface area contributed by atoms with Crippen LogP contribution in [-0.2, 0) is 5.54 Å². The SMILES string of the molecule is C[C@H](N)c1ccc(C2(N3CCN(C(=O)Oc4ccccc4)CC3)CCC(F)(F)CC2)cc1. The molecule has 5 nitrogen and oxygen atoms in total. The number of nitrogens with zero attached hydrogens (tertiary/aromatic N) is 2. The van der Waals surface area contributed by atoms with Gasteiger partial charge in [-0.05, 0) is 43.0 Å². The van der Waals surface area contributed by atoms with Crippen LogP contribution in [0.25, 0.3) is 0 Å². The van der Waals surface area contributed by atoms with E-state index in [2.05, 4.69) is 4.90 Å². The fourth-order valence-corrected chi connectivity index (χ4v) is 4.88. The number of ether oxygens (including phenoxy) is 1. The summed E-state index contributed by atoms with van der Waals surface area (Å²) in [6.45, 7) is 4.16. The van der Waals surface area contributed by atoms with Crippen molar-refractivity contribution in [2.75, 3.05) is 26.2 Å². The zero-order chi connectivity index (χ0) is 22.8. The zero-order valence-electron chi connectivity index (χ0n) is 18.5. The average molecular weight is 444 g/mol. The third-order valence-corrected chi connectivity index (χ3v) is 6.87. The van der Waals surface area contributed by atoms with E-state index in [1.54, 1.807) is 17.0 Å². The van der Waals surface area contributed by atoms with Crippen LogP contribution in [0.2, 0.25) is 0 Å². The zero-order valence-corrected chi connectivity index (χ0v) is 18.5. The molecule has 7 heteroatoms. The summed E-state index contributed by atoms with van der Waals surface area (Å²) >= 11 is 0. The van der Waals surface area contributed by atoms with Gasteiger partial charge in [-0.15, -0.1) is 0 Å². The molecule has 0 spiro atoms. The summed E-state index contributed by atoms with van der Waals surface area (Å²) in [5.74, 6) is -2.10. The summed E-state index contributed by atoms with van der Waals surface area (Å²) in [7, 11) is 0. The lowest BCUT2D eigenvalue weighted by Crippen LogP contribution is -2.58. The molecule has 2 N–H and O–H groups in total. The van der Waals surface area contributed by atoms with E-state index in [9.17, 15) is 13.6 Å². The second kappa shape index (κ2) is 9.16. The molecule has 2 aromatic rings. The highest BCUT2D eigenvalue weighted by atomic mass is 19.3. The van der Waals surface area contributed by atoms with E-state index in [0.717, 1.165) is 11.1 Å². The van der Waals surface area contributed by atoms with Crippen LogP contribution in [0.1, 0.15) is 49.8 Å². The van der Waals surface area contributed by atoms with Crippen molar-refractivity contribution < 1.29 is 18.3 Å². The van der Waals surface area contributed by atoms with Crippen molar-refractivity contribution in [2.24, 2.45) is 5.73 Å². The summed E-state index contributed by atoms with van der Waals surface area (Å²) in [4.78, 5) is 16.5. The Morgan fingerprint density at radius 1 is 0.938 bits per heavy atom. The van der Waals surface area contributed by atoms with Crippen molar-refractivity contribution in [2.45, 2.75) is 50.1 Å². The van der Waals surface area contributed by atoms with E-state index >= 15 is 0 Å². The van der Waals surface area contributed by atoms with Crippen molar-refractivity contribution in [3.05, 3.63) is 65.7 Å². The lowest BCUT2D eigenvalue weighted by molar-refractivity contribution is -0.0911. The number of rotatable bonds is 4. The van der Waals surface area contributed by atoms with Crippen LogP contribution in [0.3, 0.4) is 0 Å². The van der Waals surface area contributed by atoms with Crippen LogP contribution in [0.5, 0.6) is 5.75 Å². The lowest BCUT2D eigenvalue weighted by atomic mass is 9.73. The first-order chi connectivity index (χ1) is 15.3. The average Bonchev–Trinajstić information content (AvgIpc) is 2.80. The van der Waals surface area contributed by atoms with E-state index in [1.807, 2.05) is 49.4 Å². The van der Waals surface area contributed by atoms with Gasteiger partial charge in [-0.2, -0.15) is 0 Å². The Balaban J connectivity index is 1.48. The number of hydrogen-bond donors (Lipinski definition) is 1. The second-order valence-corrected chi connectivity index (χ2v) is 8.95. The fourth-order valence-electron chi connectivity index (χ4n) is 4.88. The van der Waals surface area contributed by atoms with Crippen LogP contribution in [0.15, 0.2) is 54.6 Å². The van der Waals surface area contributed by atoms with E-state index in [1.165, 1.54) is 0 Å². The minimum atomic E-state index is -2.61. The smallest absolute Gasteiger partial charge is 0.410 e. The first kappa shape index (κ1) is 22.7. The Hall–Kier alpha value is -2.51. The number of piperazine rings is 1. The molecule has 1 heterocycles. The highest BCUT2D eigenvalue weighted by Crippen LogP contribution is 2.47. The molecular formula is C25H31F2N3O2. The molecule has 1 saturated carbocycles. The van der Waals surface area contributed by atoms with E-state index < -0.39 is 11.5 Å². The maximum atomic E-state index is 14.1. The summed E-state index contributed by atoms with van der Waals surface area (Å²) < 4.78 is 33.6. The van der Waals surface area contributed by atoms with Gasteiger partial charge in [-0.1, -0.05) is 42.5 Å². The van der Waals surface area contributed by atoms with Gasteiger partial charge in [0.1, 0.15) is 5.75 Å². The molecule has 2 fully saturated rings. The number of alkyl halides is 2. The number of para-hydroxylation sites is 1. The maximum absolute atomic E-state index is 14.1. The van der Waals surface area contributed by atoms with Crippen LogP contribution >= 0.6 is 0 Å². The summed E-state index contributed by atoms with van der Waals surface area (Å²) in [5, 5.41) is 0. The van der Waals surface area contributed by atoms with Crippen molar-refractivity contribution in [3.8, 4) is 5.75 Å². The quantitative estimate of drug-likeness (QED) is 0.728. The lowest BCUT2D eigenvalue weighted by Gasteiger charge is -2.51. The molecule has 1 aliphatic carbocycles. The number of carbonyl (C=O) groups excluding carboxylic acids is 1. The Labute approximate surface area is 188 Å². The normalized spacial score (nSPS) is 21.7. The largest absolute Gasteiger partial charge is 0.415 e. The van der Waals surface area contributed by atoms with Crippen LogP contribution in [0, 0.1) is 0 Å². The van der Waals surface area contributed by atoms with Crippen molar-refractivity contribution in [1.82, 2.24) is 9.80 Å². The highest BCUT2D eigenvalue weighted by molar-refractivity contribution is 5.70. The molecule has 1 amide bonds. The summed E-state index contributed by atoms with van der Waals surface area (Å²) in [5.41, 5.74) is 7.62. The predicted molar refractivity (Wildman–Crippen MR) is 120 cm³/mol. The van der Waals surface area contributed by atoms with Gasteiger partial charge in [0, 0.05) is 50.6 Å². The van der Waals surface area contributed by atoms with E-state index in [4.69, 9.17) is 10.5 Å². The van der Waals surface area contributed by atoms with Crippen LogP contribution in [-0.4, -0.2) is 48.0 Å². The molecule has 0 aromatic heterocycles. The minimum Gasteiger partial charge on any atom is -0.410 e. The molecule has 0 unspecified atom stereocenters. The van der Waals surface area contributed by atoms with Gasteiger partial charge in [0.2, 0.25) is 5.92 Å². The van der Waals surface area contributed by atoms with Gasteiger partial charge < -0.3 is 15.4 Å². The monoisotopic (exact) mass is 443 g/mol. The van der Waals surface area contributed by atoms with Gasteiger partial charge in [0.15, 0.2) is 0 Å². The van der Waals surface area contributed by atoms with Gasteiger partial charge in [0.05, 0.1) is 0 Å². The minimum absolute atomic E-state index is 0.0742. The first-order valence-corrected chi connectivity index (χ1v) is 11.3. The number of hydrogen-bond acceptors (Lipinski definition) is 4. The number of halogens is 2. The van der Waals surface area contributed by atoms with Gasteiger partial charge in [-0.25, -0.2) is 13.6 Å². The molecule has 32 heavy (non-hydrogen) atoms. The van der Waals surface area contributed by atoms with Gasteiger partial charge in [0.25, 0.3) is 0 Å². The molecule has 0 bridgehead atoms. The molecule has 2 aliphatic rings. The summed E-state index contributed by atoms with van der Waals surface area (Å²) in [6, 6.07) is 17.0. The fraction of sp³-hybridized carbons (Fsp3) is 0.480. The number of nitrogens with two attached hydrogens (primary N) is 1. The number of amides is 1.